The van der Waals surface area contributed by atoms with E-state index in [1.807, 2.05) is 42.1 Å². The van der Waals surface area contributed by atoms with Crippen LogP contribution in [0.3, 0.4) is 0 Å². The van der Waals surface area contributed by atoms with Gasteiger partial charge in [0.2, 0.25) is 5.91 Å². The summed E-state index contributed by atoms with van der Waals surface area (Å²) in [6.45, 7) is 2.61. The zero-order valence-corrected chi connectivity index (χ0v) is 14.8. The number of fused-ring (bicyclic) bond motifs is 1. The van der Waals surface area contributed by atoms with Gasteiger partial charge in [-0.1, -0.05) is 35.9 Å². The Balaban J connectivity index is 1.42. The molecule has 1 heterocycles. The van der Waals surface area contributed by atoms with E-state index in [2.05, 4.69) is 30.4 Å². The smallest absolute Gasteiger partial charge is 0.220 e. The molecule has 1 amide bonds. The van der Waals surface area contributed by atoms with Crippen molar-refractivity contribution in [2.45, 2.75) is 37.1 Å². The van der Waals surface area contributed by atoms with Crippen molar-refractivity contribution in [1.82, 2.24) is 5.32 Å². The highest BCUT2D eigenvalue weighted by molar-refractivity contribution is 7.99. The third-order valence-corrected chi connectivity index (χ3v) is 5.25. The Bertz CT molecular complexity index is 684. The predicted octanol–water partition coefficient (Wildman–Crippen LogP) is 4.51. The van der Waals surface area contributed by atoms with Crippen molar-refractivity contribution in [3.63, 3.8) is 0 Å². The first-order chi connectivity index (χ1) is 11.7. The van der Waals surface area contributed by atoms with Crippen LogP contribution in [0.1, 0.15) is 36.4 Å². The summed E-state index contributed by atoms with van der Waals surface area (Å²) in [6, 6.07) is 16.5. The molecule has 3 nitrogen and oxygen atoms in total. The number of aryl methyl sites for hydroxylation is 1. The van der Waals surface area contributed by atoms with Crippen LogP contribution < -0.4 is 10.1 Å². The first kappa shape index (κ1) is 16.9. The molecule has 24 heavy (non-hydrogen) atoms. The van der Waals surface area contributed by atoms with E-state index in [0.29, 0.717) is 13.0 Å². The number of benzene rings is 2. The van der Waals surface area contributed by atoms with Crippen molar-refractivity contribution >= 4 is 17.7 Å². The molecule has 1 aliphatic rings. The van der Waals surface area contributed by atoms with Crippen molar-refractivity contribution in [1.29, 1.82) is 0 Å². The molecule has 0 spiro atoms. The van der Waals surface area contributed by atoms with Crippen LogP contribution in [0.15, 0.2) is 53.4 Å². The second-order valence-electron chi connectivity index (χ2n) is 6.06. The summed E-state index contributed by atoms with van der Waals surface area (Å²) >= 11 is 1.87. The molecule has 1 atom stereocenters. The Kier molecular flexibility index (Phi) is 5.81. The lowest BCUT2D eigenvalue weighted by Crippen LogP contribution is -2.30. The highest BCUT2D eigenvalue weighted by Gasteiger charge is 2.21. The maximum atomic E-state index is 12.2. The van der Waals surface area contributed by atoms with Crippen LogP contribution in [0.25, 0.3) is 0 Å². The van der Waals surface area contributed by atoms with Gasteiger partial charge in [0.15, 0.2) is 0 Å². The van der Waals surface area contributed by atoms with Gasteiger partial charge >= 0.3 is 0 Å². The molecule has 4 heteroatoms. The lowest BCUT2D eigenvalue weighted by molar-refractivity contribution is -0.122. The normalized spacial score (nSPS) is 16.3. The molecule has 1 N–H and O–H groups in total. The fraction of sp³-hybridized carbons (Fsp3) is 0.350. The van der Waals surface area contributed by atoms with Gasteiger partial charge in [0.25, 0.3) is 0 Å². The average molecular weight is 341 g/mol. The van der Waals surface area contributed by atoms with E-state index >= 15 is 0 Å². The lowest BCUT2D eigenvalue weighted by Gasteiger charge is -2.25. The number of carbonyl (C=O) groups excluding carboxylic acids is 1. The minimum atomic E-state index is 0.106. The van der Waals surface area contributed by atoms with Gasteiger partial charge < -0.3 is 10.1 Å². The van der Waals surface area contributed by atoms with E-state index in [1.165, 1.54) is 16.0 Å². The SMILES string of the molecule is Cc1ccc(OCCCC(=O)NC2CCSc3ccccc32)cc1. The van der Waals surface area contributed by atoms with Gasteiger partial charge in [0.05, 0.1) is 12.6 Å². The number of amides is 1. The molecule has 126 valence electrons. The zero-order valence-electron chi connectivity index (χ0n) is 14.0. The molecule has 2 aromatic rings. The highest BCUT2D eigenvalue weighted by atomic mass is 32.2. The van der Waals surface area contributed by atoms with Gasteiger partial charge in [0, 0.05) is 17.1 Å². The van der Waals surface area contributed by atoms with Crippen molar-refractivity contribution < 1.29 is 9.53 Å². The fourth-order valence-corrected chi connectivity index (χ4v) is 3.94. The van der Waals surface area contributed by atoms with Crippen LogP contribution >= 0.6 is 11.8 Å². The van der Waals surface area contributed by atoms with Crippen molar-refractivity contribution in [3.8, 4) is 5.75 Å². The average Bonchev–Trinajstić information content (AvgIpc) is 2.61. The van der Waals surface area contributed by atoms with Crippen LogP contribution in [0, 0.1) is 6.92 Å². The number of rotatable bonds is 6. The molecule has 0 saturated heterocycles. The molecular formula is C20H23NO2S. The number of hydrogen-bond acceptors (Lipinski definition) is 3. The Morgan fingerprint density at radius 1 is 1.21 bits per heavy atom. The molecule has 0 aromatic heterocycles. The summed E-state index contributed by atoms with van der Waals surface area (Å²) in [5.74, 6) is 2.02. The van der Waals surface area contributed by atoms with E-state index in [0.717, 1.165) is 24.3 Å². The maximum absolute atomic E-state index is 12.2. The molecule has 3 rings (SSSR count). The minimum Gasteiger partial charge on any atom is -0.494 e. The Morgan fingerprint density at radius 2 is 2.00 bits per heavy atom. The van der Waals surface area contributed by atoms with E-state index in [1.54, 1.807) is 0 Å². The van der Waals surface area contributed by atoms with Crippen LogP contribution in [0.4, 0.5) is 0 Å². The number of hydrogen-bond donors (Lipinski definition) is 1. The molecule has 0 fully saturated rings. The van der Waals surface area contributed by atoms with Gasteiger partial charge in [-0.25, -0.2) is 0 Å². The van der Waals surface area contributed by atoms with E-state index in [-0.39, 0.29) is 11.9 Å². The van der Waals surface area contributed by atoms with Gasteiger partial charge in [-0.3, -0.25) is 4.79 Å². The monoisotopic (exact) mass is 341 g/mol. The Morgan fingerprint density at radius 3 is 2.83 bits per heavy atom. The minimum absolute atomic E-state index is 0.106. The van der Waals surface area contributed by atoms with Crippen LogP contribution in [0.5, 0.6) is 5.75 Å². The van der Waals surface area contributed by atoms with Crippen LogP contribution in [0.2, 0.25) is 0 Å². The molecule has 1 unspecified atom stereocenters. The van der Waals surface area contributed by atoms with Gasteiger partial charge in [0.1, 0.15) is 5.75 Å². The molecule has 0 bridgehead atoms. The van der Waals surface area contributed by atoms with Crippen molar-refractivity contribution in [2.75, 3.05) is 12.4 Å². The van der Waals surface area contributed by atoms with Gasteiger partial charge in [-0.2, -0.15) is 0 Å². The zero-order chi connectivity index (χ0) is 16.8. The summed E-state index contributed by atoms with van der Waals surface area (Å²) in [5.41, 5.74) is 2.46. The predicted molar refractivity (Wildman–Crippen MR) is 98.6 cm³/mol. The number of nitrogens with one attached hydrogen (secondary N) is 1. The summed E-state index contributed by atoms with van der Waals surface area (Å²) in [6.07, 6.45) is 2.22. The topological polar surface area (TPSA) is 38.3 Å². The third-order valence-electron chi connectivity index (χ3n) is 4.13. The maximum Gasteiger partial charge on any atom is 0.220 e. The van der Waals surface area contributed by atoms with Gasteiger partial charge in [-0.15, -0.1) is 11.8 Å². The second-order valence-corrected chi connectivity index (χ2v) is 7.20. The molecule has 2 aromatic carbocycles. The quantitative estimate of drug-likeness (QED) is 0.786. The second kappa shape index (κ2) is 8.25. The highest BCUT2D eigenvalue weighted by Crippen LogP contribution is 2.35. The Hall–Kier alpha value is -1.94. The standard InChI is InChI=1S/C20H23NO2S/c1-15-8-10-16(11-9-15)23-13-4-7-20(22)21-18-12-14-24-19-6-3-2-5-17(18)19/h2-3,5-6,8-11,18H,4,7,12-14H2,1H3,(H,21,22). The fourth-order valence-electron chi connectivity index (χ4n) is 2.82. The van der Waals surface area contributed by atoms with Crippen molar-refractivity contribution in [2.24, 2.45) is 0 Å². The van der Waals surface area contributed by atoms with Crippen LogP contribution in [-0.4, -0.2) is 18.3 Å². The summed E-state index contributed by atoms with van der Waals surface area (Å²) in [5, 5.41) is 3.17. The van der Waals surface area contributed by atoms with E-state index < -0.39 is 0 Å². The van der Waals surface area contributed by atoms with E-state index in [9.17, 15) is 4.79 Å². The molecule has 1 aliphatic heterocycles. The van der Waals surface area contributed by atoms with E-state index in [4.69, 9.17) is 4.74 Å². The number of thioether (sulfide) groups is 1. The summed E-state index contributed by atoms with van der Waals surface area (Å²) in [7, 11) is 0. The Labute approximate surface area is 147 Å². The lowest BCUT2D eigenvalue weighted by atomic mass is 10.0. The first-order valence-corrected chi connectivity index (χ1v) is 9.41. The molecule has 0 aliphatic carbocycles. The first-order valence-electron chi connectivity index (χ1n) is 8.43. The van der Waals surface area contributed by atoms with Gasteiger partial charge in [-0.05, 0) is 43.5 Å². The largest absolute Gasteiger partial charge is 0.494 e. The summed E-state index contributed by atoms with van der Waals surface area (Å²) in [4.78, 5) is 13.5. The molecule has 0 radical (unpaired) electrons. The molecule has 0 saturated carbocycles. The van der Waals surface area contributed by atoms with Crippen LogP contribution in [-0.2, 0) is 4.79 Å². The number of carbonyl (C=O) groups is 1. The number of ether oxygens (including phenoxy) is 1. The van der Waals surface area contributed by atoms with Crippen molar-refractivity contribution in [3.05, 3.63) is 59.7 Å². The third kappa shape index (κ3) is 4.54. The summed E-state index contributed by atoms with van der Waals surface area (Å²) < 4.78 is 5.67. The molecular weight excluding hydrogens is 318 g/mol.